The average Bonchev–Trinajstić information content (AvgIpc) is 3.48. The highest BCUT2D eigenvalue weighted by molar-refractivity contribution is 5.81. The Morgan fingerprint density at radius 2 is 1.92 bits per heavy atom. The molecule has 1 saturated carbocycles. The summed E-state index contributed by atoms with van der Waals surface area (Å²) in [5, 5.41) is 0. The molecule has 5 heteroatoms. The fraction of sp³-hybridized carbons (Fsp3) is 0.684. The lowest BCUT2D eigenvalue weighted by molar-refractivity contribution is -0.134. The summed E-state index contributed by atoms with van der Waals surface area (Å²) in [6.45, 7) is 7.41. The Hall–Kier alpha value is -1.62. The van der Waals surface area contributed by atoms with Crippen LogP contribution in [0.1, 0.15) is 25.7 Å². The second kappa shape index (κ2) is 7.09. The van der Waals surface area contributed by atoms with E-state index in [1.807, 2.05) is 12.3 Å². The minimum Gasteiger partial charge on any atom is -0.354 e. The zero-order valence-corrected chi connectivity index (χ0v) is 14.4. The van der Waals surface area contributed by atoms with Crippen LogP contribution >= 0.6 is 0 Å². The quantitative estimate of drug-likeness (QED) is 0.846. The number of hydrogen-bond acceptors (Lipinski definition) is 4. The van der Waals surface area contributed by atoms with Gasteiger partial charge in [0.15, 0.2) is 0 Å². The second-order valence-electron chi connectivity index (χ2n) is 7.54. The molecule has 3 fully saturated rings. The summed E-state index contributed by atoms with van der Waals surface area (Å²) in [6, 6.07) is 6.12. The molecular formula is C19H28N4O. The van der Waals surface area contributed by atoms with Crippen LogP contribution < -0.4 is 4.90 Å². The van der Waals surface area contributed by atoms with Crippen LogP contribution in [0.25, 0.3) is 0 Å². The minimum atomic E-state index is 0.366. The van der Waals surface area contributed by atoms with Crippen LogP contribution in [-0.2, 0) is 4.79 Å². The summed E-state index contributed by atoms with van der Waals surface area (Å²) >= 11 is 0. The van der Waals surface area contributed by atoms with Crippen LogP contribution in [0.15, 0.2) is 24.4 Å². The molecule has 2 saturated heterocycles. The van der Waals surface area contributed by atoms with Gasteiger partial charge >= 0.3 is 0 Å². The van der Waals surface area contributed by atoms with Crippen molar-refractivity contribution < 1.29 is 4.79 Å². The van der Waals surface area contributed by atoms with Crippen molar-refractivity contribution in [2.75, 3.05) is 50.7 Å². The topological polar surface area (TPSA) is 39.7 Å². The first kappa shape index (κ1) is 15.9. The number of piperazine rings is 1. The molecule has 0 N–H and O–H groups in total. The van der Waals surface area contributed by atoms with E-state index in [-0.39, 0.29) is 0 Å². The Balaban J connectivity index is 1.25. The van der Waals surface area contributed by atoms with Crippen LogP contribution in [-0.4, -0.2) is 66.5 Å². The average molecular weight is 328 g/mol. The smallest absolute Gasteiger partial charge is 0.225 e. The van der Waals surface area contributed by atoms with Gasteiger partial charge in [0, 0.05) is 57.9 Å². The molecule has 1 amide bonds. The molecule has 0 radical (unpaired) electrons. The predicted octanol–water partition coefficient (Wildman–Crippen LogP) is 1.85. The Morgan fingerprint density at radius 3 is 2.62 bits per heavy atom. The van der Waals surface area contributed by atoms with Gasteiger partial charge in [-0.15, -0.1) is 0 Å². The molecule has 5 nitrogen and oxygen atoms in total. The van der Waals surface area contributed by atoms with E-state index in [2.05, 4.69) is 31.8 Å². The van der Waals surface area contributed by atoms with Crippen molar-refractivity contribution in [3.63, 3.8) is 0 Å². The Morgan fingerprint density at radius 1 is 1.08 bits per heavy atom. The molecule has 1 atom stereocenters. The first-order valence-electron chi connectivity index (χ1n) is 9.47. The maximum absolute atomic E-state index is 12.3. The van der Waals surface area contributed by atoms with Crippen molar-refractivity contribution in [1.82, 2.24) is 14.8 Å². The third-order valence-corrected chi connectivity index (χ3v) is 5.62. The predicted molar refractivity (Wildman–Crippen MR) is 94.9 cm³/mol. The Labute approximate surface area is 144 Å². The van der Waals surface area contributed by atoms with E-state index in [4.69, 9.17) is 0 Å². The first-order valence-corrected chi connectivity index (χ1v) is 9.47. The molecule has 24 heavy (non-hydrogen) atoms. The van der Waals surface area contributed by atoms with Gasteiger partial charge in [-0.2, -0.15) is 0 Å². The molecule has 1 unspecified atom stereocenters. The normalized spacial score (nSPS) is 25.8. The summed E-state index contributed by atoms with van der Waals surface area (Å²) < 4.78 is 0. The van der Waals surface area contributed by atoms with E-state index in [0.29, 0.717) is 17.7 Å². The number of aromatic nitrogens is 1. The molecular weight excluding hydrogens is 300 g/mol. The van der Waals surface area contributed by atoms with Crippen LogP contribution in [0.4, 0.5) is 5.82 Å². The van der Waals surface area contributed by atoms with E-state index < -0.39 is 0 Å². The van der Waals surface area contributed by atoms with E-state index in [9.17, 15) is 4.79 Å². The third-order valence-electron chi connectivity index (χ3n) is 5.62. The number of likely N-dealkylation sites (tertiary alicyclic amines) is 1. The molecule has 1 aromatic heterocycles. The summed E-state index contributed by atoms with van der Waals surface area (Å²) in [5.41, 5.74) is 0. The van der Waals surface area contributed by atoms with Crippen LogP contribution in [0.2, 0.25) is 0 Å². The number of nitrogens with zero attached hydrogens (tertiary/aromatic N) is 4. The van der Waals surface area contributed by atoms with Gasteiger partial charge in [0.2, 0.25) is 5.91 Å². The number of carbonyl (C=O) groups is 1. The van der Waals surface area contributed by atoms with Gasteiger partial charge in [-0.3, -0.25) is 9.69 Å². The SMILES string of the molecule is O=C(C1CC1)N1CCCC(CN2CCN(c3ccccn3)CC2)C1. The number of pyridine rings is 1. The van der Waals surface area contributed by atoms with E-state index in [0.717, 1.165) is 64.5 Å². The number of amides is 1. The van der Waals surface area contributed by atoms with Gasteiger partial charge in [-0.1, -0.05) is 6.07 Å². The van der Waals surface area contributed by atoms with Gasteiger partial charge in [0.1, 0.15) is 5.82 Å². The van der Waals surface area contributed by atoms with Gasteiger partial charge in [-0.25, -0.2) is 4.98 Å². The Kier molecular flexibility index (Phi) is 4.69. The van der Waals surface area contributed by atoms with Crippen LogP contribution in [0, 0.1) is 11.8 Å². The maximum Gasteiger partial charge on any atom is 0.225 e. The largest absolute Gasteiger partial charge is 0.354 e. The summed E-state index contributed by atoms with van der Waals surface area (Å²) in [7, 11) is 0. The fourth-order valence-corrected chi connectivity index (χ4v) is 4.07. The molecule has 3 aliphatic rings. The monoisotopic (exact) mass is 328 g/mol. The van der Waals surface area contributed by atoms with Gasteiger partial charge in [0.05, 0.1) is 0 Å². The van der Waals surface area contributed by atoms with Crippen molar-refractivity contribution >= 4 is 11.7 Å². The number of carbonyl (C=O) groups excluding carboxylic acids is 1. The van der Waals surface area contributed by atoms with Crippen molar-refractivity contribution in [3.05, 3.63) is 24.4 Å². The van der Waals surface area contributed by atoms with Crippen molar-refractivity contribution in [2.45, 2.75) is 25.7 Å². The zero-order valence-electron chi connectivity index (χ0n) is 14.4. The van der Waals surface area contributed by atoms with Gasteiger partial charge in [0.25, 0.3) is 0 Å². The zero-order chi connectivity index (χ0) is 16.4. The minimum absolute atomic E-state index is 0.366. The lowest BCUT2D eigenvalue weighted by atomic mass is 9.96. The van der Waals surface area contributed by atoms with Crippen LogP contribution in [0.5, 0.6) is 0 Å². The lowest BCUT2D eigenvalue weighted by Gasteiger charge is -2.39. The number of piperidine rings is 1. The second-order valence-corrected chi connectivity index (χ2v) is 7.54. The standard InChI is InChI=1S/C19H28N4O/c24-19(17-6-7-17)23-9-3-4-16(15-23)14-21-10-12-22(13-11-21)18-5-1-2-8-20-18/h1-2,5,8,16-17H,3-4,6-7,9-15H2. The Bertz CT molecular complexity index is 552. The summed E-state index contributed by atoms with van der Waals surface area (Å²) in [5.74, 6) is 2.55. The molecule has 0 aromatic carbocycles. The maximum atomic E-state index is 12.3. The van der Waals surface area contributed by atoms with Crippen LogP contribution in [0.3, 0.4) is 0 Å². The molecule has 4 rings (SSSR count). The number of anilines is 1. The van der Waals surface area contributed by atoms with Crippen molar-refractivity contribution in [3.8, 4) is 0 Å². The van der Waals surface area contributed by atoms with E-state index in [1.54, 1.807) is 0 Å². The molecule has 0 bridgehead atoms. The highest BCUT2D eigenvalue weighted by Gasteiger charge is 2.35. The number of hydrogen-bond donors (Lipinski definition) is 0. The molecule has 2 aliphatic heterocycles. The van der Waals surface area contributed by atoms with E-state index >= 15 is 0 Å². The molecule has 0 spiro atoms. The summed E-state index contributed by atoms with van der Waals surface area (Å²) in [4.78, 5) is 23.9. The van der Waals surface area contributed by atoms with Crippen molar-refractivity contribution in [2.24, 2.45) is 11.8 Å². The van der Waals surface area contributed by atoms with Gasteiger partial charge in [-0.05, 0) is 43.7 Å². The number of rotatable bonds is 4. The van der Waals surface area contributed by atoms with Crippen molar-refractivity contribution in [1.29, 1.82) is 0 Å². The molecule has 1 aliphatic carbocycles. The lowest BCUT2D eigenvalue weighted by Crippen LogP contribution is -2.50. The van der Waals surface area contributed by atoms with E-state index in [1.165, 1.54) is 12.8 Å². The van der Waals surface area contributed by atoms with Gasteiger partial charge < -0.3 is 9.80 Å². The molecule has 1 aromatic rings. The molecule has 130 valence electrons. The first-order chi connectivity index (χ1) is 11.8. The fourth-order valence-electron chi connectivity index (χ4n) is 4.07. The highest BCUT2D eigenvalue weighted by atomic mass is 16.2. The highest BCUT2D eigenvalue weighted by Crippen LogP contribution is 2.32. The third kappa shape index (κ3) is 3.72. The summed E-state index contributed by atoms with van der Waals surface area (Å²) in [6.07, 6.45) is 6.56. The molecule has 3 heterocycles.